The summed E-state index contributed by atoms with van der Waals surface area (Å²) in [6, 6.07) is 15.4. The monoisotopic (exact) mass is 380 g/mol. The normalized spacial score (nSPS) is 16.1. The Labute approximate surface area is 166 Å². The molecule has 3 rings (SSSR count). The van der Waals surface area contributed by atoms with Crippen molar-refractivity contribution in [2.45, 2.75) is 20.4 Å². The van der Waals surface area contributed by atoms with Crippen molar-refractivity contribution in [2.75, 3.05) is 32.7 Å². The molecule has 2 aromatic carbocycles. The maximum absolute atomic E-state index is 12.2. The Morgan fingerprint density at radius 2 is 1.82 bits per heavy atom. The molecule has 2 N–H and O–H groups in total. The largest absolute Gasteiger partial charge is 0.872 e. The van der Waals surface area contributed by atoms with Gasteiger partial charge in [-0.3, -0.25) is 9.69 Å². The lowest BCUT2D eigenvalue weighted by Crippen LogP contribution is -3.15. The molecule has 0 unspecified atom stereocenters. The number of piperazine rings is 1. The predicted molar refractivity (Wildman–Crippen MR) is 108 cm³/mol. The van der Waals surface area contributed by atoms with E-state index in [0.717, 1.165) is 32.7 Å². The zero-order valence-electron chi connectivity index (χ0n) is 16.6. The SMILES string of the molecule is C/C(=N\NC(=O)C[NH+]1CCN(Cc2ccc(C)cc2)CC1)c1ccccc1[O-]. The Hall–Kier alpha value is -2.70. The van der Waals surface area contributed by atoms with Crippen LogP contribution in [0.25, 0.3) is 0 Å². The number of hydrazone groups is 1. The van der Waals surface area contributed by atoms with Crippen molar-refractivity contribution in [3.05, 3.63) is 65.2 Å². The van der Waals surface area contributed by atoms with Gasteiger partial charge in [-0.15, -0.1) is 0 Å². The molecule has 0 aromatic heterocycles. The summed E-state index contributed by atoms with van der Waals surface area (Å²) in [5.41, 5.74) is 6.23. The van der Waals surface area contributed by atoms with Gasteiger partial charge < -0.3 is 10.0 Å². The van der Waals surface area contributed by atoms with Crippen LogP contribution in [-0.2, 0) is 11.3 Å². The minimum absolute atomic E-state index is 0.0895. The highest BCUT2D eigenvalue weighted by atomic mass is 16.3. The van der Waals surface area contributed by atoms with Crippen LogP contribution < -0.4 is 15.4 Å². The molecule has 0 saturated carbocycles. The smallest absolute Gasteiger partial charge is 0.295 e. The second-order valence-corrected chi connectivity index (χ2v) is 7.42. The third-order valence-electron chi connectivity index (χ3n) is 5.13. The molecule has 6 nitrogen and oxygen atoms in total. The quantitative estimate of drug-likeness (QED) is 0.560. The van der Waals surface area contributed by atoms with Crippen LogP contribution in [0.1, 0.15) is 23.6 Å². The molecule has 1 fully saturated rings. The Balaban J connectivity index is 1.43. The summed E-state index contributed by atoms with van der Waals surface area (Å²) in [6.07, 6.45) is 0. The van der Waals surface area contributed by atoms with Crippen molar-refractivity contribution in [1.29, 1.82) is 0 Å². The molecular weight excluding hydrogens is 352 g/mol. The van der Waals surface area contributed by atoms with E-state index in [-0.39, 0.29) is 11.7 Å². The average Bonchev–Trinajstić information content (AvgIpc) is 2.70. The molecule has 0 bridgehead atoms. The molecule has 1 saturated heterocycles. The van der Waals surface area contributed by atoms with Gasteiger partial charge in [-0.1, -0.05) is 59.8 Å². The van der Waals surface area contributed by atoms with Crippen molar-refractivity contribution < 1.29 is 14.8 Å². The van der Waals surface area contributed by atoms with E-state index >= 15 is 0 Å². The van der Waals surface area contributed by atoms with E-state index in [1.54, 1.807) is 25.1 Å². The molecule has 28 heavy (non-hydrogen) atoms. The molecule has 1 amide bonds. The minimum atomic E-state index is -0.121. The van der Waals surface area contributed by atoms with Crippen molar-refractivity contribution >= 4 is 11.6 Å². The van der Waals surface area contributed by atoms with Gasteiger partial charge in [0.1, 0.15) is 0 Å². The standard InChI is InChI=1S/C22H28N4O2/c1-17-7-9-19(10-8-17)15-25-11-13-26(14-12-25)16-22(28)24-23-18(2)20-5-3-4-6-21(20)27/h3-10,27H,11-16H2,1-2H3,(H,24,28)/b23-18+. The zero-order chi connectivity index (χ0) is 19.9. The van der Waals surface area contributed by atoms with E-state index in [9.17, 15) is 9.90 Å². The predicted octanol–water partition coefficient (Wildman–Crippen LogP) is 0.310. The van der Waals surface area contributed by atoms with Gasteiger partial charge in [0.2, 0.25) is 0 Å². The lowest BCUT2D eigenvalue weighted by atomic mass is 10.1. The summed E-state index contributed by atoms with van der Waals surface area (Å²) in [4.78, 5) is 15.9. The molecule has 1 heterocycles. The van der Waals surface area contributed by atoms with E-state index in [4.69, 9.17) is 0 Å². The fraction of sp³-hybridized carbons (Fsp3) is 0.364. The molecule has 1 aliphatic rings. The molecule has 0 atom stereocenters. The van der Waals surface area contributed by atoms with E-state index in [1.165, 1.54) is 22.1 Å². The molecular formula is C22H28N4O2. The highest BCUT2D eigenvalue weighted by molar-refractivity contribution is 6.01. The Morgan fingerprint density at radius 3 is 2.50 bits per heavy atom. The first-order valence-corrected chi connectivity index (χ1v) is 9.72. The molecule has 1 aliphatic heterocycles. The number of quaternary nitrogens is 1. The second kappa shape index (κ2) is 9.48. The van der Waals surface area contributed by atoms with Crippen molar-refractivity contribution in [3.63, 3.8) is 0 Å². The van der Waals surface area contributed by atoms with Crippen molar-refractivity contribution in [2.24, 2.45) is 5.10 Å². The van der Waals surface area contributed by atoms with Crippen LogP contribution >= 0.6 is 0 Å². The number of benzene rings is 2. The Morgan fingerprint density at radius 1 is 1.14 bits per heavy atom. The fourth-order valence-electron chi connectivity index (χ4n) is 3.39. The number of nitrogens with zero attached hydrogens (tertiary/aromatic N) is 2. The summed E-state index contributed by atoms with van der Waals surface area (Å²) in [5, 5.41) is 15.9. The molecule has 6 heteroatoms. The lowest BCUT2D eigenvalue weighted by Gasteiger charge is -2.31. The van der Waals surface area contributed by atoms with Gasteiger partial charge in [-0.05, 0) is 25.0 Å². The summed E-state index contributed by atoms with van der Waals surface area (Å²) >= 11 is 0. The van der Waals surface area contributed by atoms with Crippen LogP contribution in [0.5, 0.6) is 5.75 Å². The zero-order valence-corrected chi connectivity index (χ0v) is 16.6. The number of hydrogen-bond donors (Lipinski definition) is 2. The van der Waals surface area contributed by atoms with Gasteiger partial charge in [0.05, 0.1) is 18.8 Å². The van der Waals surface area contributed by atoms with Gasteiger partial charge in [0.25, 0.3) is 5.91 Å². The van der Waals surface area contributed by atoms with Crippen LogP contribution in [-0.4, -0.2) is 49.2 Å². The molecule has 0 spiro atoms. The van der Waals surface area contributed by atoms with E-state index in [1.807, 2.05) is 0 Å². The highest BCUT2D eigenvalue weighted by Crippen LogP contribution is 2.12. The van der Waals surface area contributed by atoms with Crippen LogP contribution in [0.2, 0.25) is 0 Å². The number of nitrogens with one attached hydrogen (secondary N) is 2. The van der Waals surface area contributed by atoms with E-state index in [2.05, 4.69) is 46.6 Å². The van der Waals surface area contributed by atoms with Crippen LogP contribution in [0.4, 0.5) is 0 Å². The lowest BCUT2D eigenvalue weighted by molar-refractivity contribution is -0.896. The average molecular weight is 380 g/mol. The van der Waals surface area contributed by atoms with E-state index in [0.29, 0.717) is 17.8 Å². The molecule has 148 valence electrons. The third-order valence-corrected chi connectivity index (χ3v) is 5.13. The summed E-state index contributed by atoms with van der Waals surface area (Å²) < 4.78 is 0. The van der Waals surface area contributed by atoms with Crippen molar-refractivity contribution in [3.8, 4) is 5.75 Å². The third kappa shape index (κ3) is 5.65. The maximum Gasteiger partial charge on any atom is 0.295 e. The van der Waals surface area contributed by atoms with Gasteiger partial charge in [0.15, 0.2) is 6.54 Å². The number of amides is 1. The fourth-order valence-corrected chi connectivity index (χ4v) is 3.39. The number of hydrogen-bond acceptors (Lipinski definition) is 4. The molecule has 0 aliphatic carbocycles. The molecule has 2 aromatic rings. The van der Waals surface area contributed by atoms with Crippen molar-refractivity contribution in [1.82, 2.24) is 10.3 Å². The number of para-hydroxylation sites is 1. The van der Waals surface area contributed by atoms with Gasteiger partial charge >= 0.3 is 0 Å². The maximum atomic E-state index is 12.2. The van der Waals surface area contributed by atoms with E-state index < -0.39 is 0 Å². The Kier molecular flexibility index (Phi) is 6.79. The number of rotatable bonds is 6. The highest BCUT2D eigenvalue weighted by Gasteiger charge is 2.22. The van der Waals surface area contributed by atoms with Gasteiger partial charge in [-0.2, -0.15) is 5.10 Å². The van der Waals surface area contributed by atoms with Crippen LogP contribution in [0.3, 0.4) is 0 Å². The summed E-state index contributed by atoms with van der Waals surface area (Å²) in [7, 11) is 0. The first-order valence-electron chi connectivity index (χ1n) is 9.72. The summed E-state index contributed by atoms with van der Waals surface area (Å²) in [5.74, 6) is -0.210. The first-order chi connectivity index (χ1) is 13.5. The van der Waals surface area contributed by atoms with Crippen LogP contribution in [0.15, 0.2) is 53.6 Å². The first kappa shape index (κ1) is 20.0. The summed E-state index contributed by atoms with van der Waals surface area (Å²) in [6.45, 7) is 9.00. The number of carbonyl (C=O) groups excluding carboxylic acids is 1. The topological polar surface area (TPSA) is 72.2 Å². The Bertz CT molecular complexity index is 825. The van der Waals surface area contributed by atoms with Crippen LogP contribution in [0, 0.1) is 6.92 Å². The van der Waals surface area contributed by atoms with Gasteiger partial charge in [-0.25, -0.2) is 5.43 Å². The molecule has 0 radical (unpaired) electrons. The van der Waals surface area contributed by atoms with Gasteiger partial charge in [0, 0.05) is 19.6 Å². The minimum Gasteiger partial charge on any atom is -0.872 e. The number of carbonyl (C=O) groups is 1. The second-order valence-electron chi connectivity index (χ2n) is 7.42. The number of aryl methyl sites for hydroxylation is 1.